The number of aliphatic hydroxyl groups is 13. The smallest absolute Gasteiger partial charge is 0.191 e. The van der Waals surface area contributed by atoms with Crippen LogP contribution in [-0.2, 0) is 47.4 Å². The molecule has 9 rings (SSSR count). The predicted molar refractivity (Wildman–Crippen MR) is 250 cm³/mol. The molecule has 8 unspecified atom stereocenters. The summed E-state index contributed by atoms with van der Waals surface area (Å²) in [4.78, 5) is 0. The van der Waals surface area contributed by atoms with Gasteiger partial charge >= 0.3 is 0 Å². The lowest BCUT2D eigenvalue weighted by Crippen LogP contribution is -2.68. The van der Waals surface area contributed by atoms with Crippen LogP contribution in [0.25, 0.3) is 0 Å². The van der Waals surface area contributed by atoms with Crippen molar-refractivity contribution in [2.75, 3.05) is 33.0 Å². The summed E-state index contributed by atoms with van der Waals surface area (Å²) >= 11 is 0. The monoisotopic (exact) mass is 1070 g/mol. The third-order valence-corrected chi connectivity index (χ3v) is 19.7. The quantitative estimate of drug-likeness (QED) is 0.0799. The lowest BCUT2D eigenvalue weighted by Gasteiger charge is -2.61. The molecule has 0 radical (unpaired) electrons. The van der Waals surface area contributed by atoms with Crippen LogP contribution in [0.3, 0.4) is 0 Å². The number of rotatable bonds is 14. The number of ether oxygens (including phenoxy) is 10. The predicted octanol–water partition coefficient (Wildman–Crippen LogP) is -2.52. The van der Waals surface area contributed by atoms with Crippen molar-refractivity contribution >= 4 is 0 Å². The minimum absolute atomic E-state index is 0.0111. The minimum Gasteiger partial charge on any atom is -0.394 e. The molecule has 23 nitrogen and oxygen atoms in total. The molecular formula is C51H86O23. The molecule has 9 fully saturated rings. The first-order valence-corrected chi connectivity index (χ1v) is 27.3. The van der Waals surface area contributed by atoms with Crippen molar-refractivity contribution in [2.24, 2.45) is 46.3 Å². The van der Waals surface area contributed by atoms with Crippen LogP contribution in [0.2, 0.25) is 0 Å². The van der Waals surface area contributed by atoms with Gasteiger partial charge in [0.2, 0.25) is 0 Å². The molecule has 23 heteroatoms. The van der Waals surface area contributed by atoms with Crippen LogP contribution >= 0.6 is 0 Å². The van der Waals surface area contributed by atoms with Gasteiger partial charge in [0.25, 0.3) is 0 Å². The van der Waals surface area contributed by atoms with Gasteiger partial charge in [0.15, 0.2) is 30.9 Å². The summed E-state index contributed by atoms with van der Waals surface area (Å²) in [6, 6.07) is 0. The van der Waals surface area contributed by atoms with Gasteiger partial charge in [-0.1, -0.05) is 34.1 Å². The average molecular weight is 1070 g/mol. The van der Waals surface area contributed by atoms with Crippen molar-refractivity contribution in [2.45, 2.75) is 240 Å². The van der Waals surface area contributed by atoms with E-state index in [0.717, 1.165) is 44.9 Å². The molecule has 4 aliphatic carbocycles. The molecule has 5 saturated heterocycles. The lowest BCUT2D eigenvalue weighted by molar-refractivity contribution is -0.404. The van der Waals surface area contributed by atoms with Crippen LogP contribution in [0.4, 0.5) is 0 Å². The van der Waals surface area contributed by atoms with Crippen molar-refractivity contribution in [3.05, 3.63) is 0 Å². The maximum atomic E-state index is 11.8. The van der Waals surface area contributed by atoms with Crippen molar-refractivity contribution in [1.29, 1.82) is 0 Å². The fourth-order valence-corrected chi connectivity index (χ4v) is 15.3. The normalized spacial score (nSPS) is 56.0. The minimum atomic E-state index is -2.00. The maximum Gasteiger partial charge on any atom is 0.191 e. The zero-order valence-corrected chi connectivity index (χ0v) is 43.2. The molecule has 0 amide bonds. The van der Waals surface area contributed by atoms with Gasteiger partial charge in [-0.25, -0.2) is 0 Å². The van der Waals surface area contributed by atoms with Gasteiger partial charge in [0.05, 0.1) is 45.2 Å². The van der Waals surface area contributed by atoms with Gasteiger partial charge in [-0.2, -0.15) is 0 Å². The van der Waals surface area contributed by atoms with E-state index in [1.165, 1.54) is 0 Å². The molecule has 5 heterocycles. The highest BCUT2D eigenvalue weighted by atomic mass is 16.8. The molecule has 13 N–H and O–H groups in total. The van der Waals surface area contributed by atoms with E-state index in [-0.39, 0.29) is 29.0 Å². The van der Waals surface area contributed by atoms with E-state index in [0.29, 0.717) is 55.5 Å². The SMILES string of the molecule is CC[C@H]1[C@@H](O[C@]2(C)OC[C@H](C)CC2O)C[C@H]2[C@@H]3CC[C@H]4C[C@@H](O[C@@H]5OC(CO)[C@H](O[C@@H]6OC(CO)[C@@H](O)[C@H](O[C@@H]7OC[C@@H](O)[C@H](O)C7O)C6O[C@@H]6OC(CO)[C@@H](O)[C@H](O)C6O)[C@H](O)C5O)CC[C@]4(C)[C@H]3CC[C@@]21C. The summed E-state index contributed by atoms with van der Waals surface area (Å²) in [6.07, 6.45) is -25.1. The second-order valence-corrected chi connectivity index (χ2v) is 24.0. The van der Waals surface area contributed by atoms with E-state index >= 15 is 0 Å². The second kappa shape index (κ2) is 22.9. The highest BCUT2D eigenvalue weighted by Crippen LogP contribution is 2.68. The molecule has 0 bridgehead atoms. The van der Waals surface area contributed by atoms with Crippen molar-refractivity contribution < 1.29 is 114 Å². The van der Waals surface area contributed by atoms with Crippen LogP contribution in [0.5, 0.6) is 0 Å². The van der Waals surface area contributed by atoms with Crippen LogP contribution in [0, 0.1) is 46.3 Å². The Morgan fingerprint density at radius 2 is 1.14 bits per heavy atom. The molecule has 4 saturated carbocycles. The van der Waals surface area contributed by atoms with Gasteiger partial charge in [-0.15, -0.1) is 0 Å². The molecule has 5 aliphatic heterocycles. The zero-order chi connectivity index (χ0) is 53.3. The average Bonchev–Trinajstić information content (AvgIpc) is 3.66. The van der Waals surface area contributed by atoms with E-state index < -0.39 is 155 Å². The second-order valence-electron chi connectivity index (χ2n) is 24.0. The first-order chi connectivity index (χ1) is 35.1. The number of hydrogen-bond acceptors (Lipinski definition) is 23. The van der Waals surface area contributed by atoms with E-state index in [2.05, 4.69) is 27.7 Å². The van der Waals surface area contributed by atoms with Crippen LogP contribution in [-0.4, -0.2) is 240 Å². The van der Waals surface area contributed by atoms with E-state index in [1.54, 1.807) is 0 Å². The Morgan fingerprint density at radius 3 is 1.82 bits per heavy atom. The van der Waals surface area contributed by atoms with Gasteiger partial charge in [0.1, 0.15) is 97.7 Å². The molecule has 31 atom stereocenters. The van der Waals surface area contributed by atoms with E-state index in [4.69, 9.17) is 47.4 Å². The van der Waals surface area contributed by atoms with Crippen LogP contribution in [0.15, 0.2) is 0 Å². The van der Waals surface area contributed by atoms with Crippen LogP contribution in [0.1, 0.15) is 98.8 Å². The summed E-state index contributed by atoms with van der Waals surface area (Å²) in [5, 5.41) is 140. The highest BCUT2D eigenvalue weighted by molar-refractivity contribution is 5.12. The summed E-state index contributed by atoms with van der Waals surface area (Å²) < 4.78 is 61.0. The number of hydrogen-bond donors (Lipinski definition) is 13. The fourth-order valence-electron chi connectivity index (χ4n) is 15.3. The molecule has 0 aromatic rings. The number of aliphatic hydroxyl groups excluding tert-OH is 13. The Labute approximate surface area is 431 Å². The zero-order valence-electron chi connectivity index (χ0n) is 43.2. The highest BCUT2D eigenvalue weighted by Gasteiger charge is 2.64. The Bertz CT molecular complexity index is 1840. The maximum absolute atomic E-state index is 11.8. The van der Waals surface area contributed by atoms with Gasteiger partial charge in [0, 0.05) is 0 Å². The molecule has 0 spiro atoms. The molecule has 74 heavy (non-hydrogen) atoms. The van der Waals surface area contributed by atoms with Crippen molar-refractivity contribution in [1.82, 2.24) is 0 Å². The molecule has 0 aromatic carbocycles. The first-order valence-electron chi connectivity index (χ1n) is 27.3. The Balaban J connectivity index is 0.874. The fraction of sp³-hybridized carbons (Fsp3) is 1.00. The van der Waals surface area contributed by atoms with E-state index in [1.807, 2.05) is 6.92 Å². The summed E-state index contributed by atoms with van der Waals surface area (Å²) in [5.41, 5.74) is 0.140. The summed E-state index contributed by atoms with van der Waals surface area (Å²) in [6.45, 7) is 8.67. The molecule has 0 aromatic heterocycles. The third kappa shape index (κ3) is 10.5. The van der Waals surface area contributed by atoms with Crippen molar-refractivity contribution in [3.8, 4) is 0 Å². The standard InChI is InChI=1S/C51H86O23/c1-6-25-29(74-51(5)33(56)13-21(2)19-66-51)15-27-24-8-7-22-14-23(9-11-49(22,3)26(24)10-12-50(25,27)4)67-46-41(64)38(61)42(32(18-54)70-46)71-48-44(73-47-40(63)37(60)35(58)30(16-52)68-47)43(36(59)31(17-53)69-48)72-45-39(62)34(57)28(55)20-65-45/h21-48,52-64H,6-20H2,1-5H3/t21-,22+,23+,24-,25+,26+,27+,28-,29+,30?,31?,32?,33?,34+,35-,36-,37+,38-,39?,40?,41?,42+,43+,44?,45+,46-,47+,48+,49+,50-,51+/m1/s1. The lowest BCUT2D eigenvalue weighted by atomic mass is 9.44. The third-order valence-electron chi connectivity index (χ3n) is 19.7. The first kappa shape index (κ1) is 57.8. The molecule has 9 aliphatic rings. The molecule has 428 valence electrons. The number of fused-ring (bicyclic) bond motifs is 5. The van der Waals surface area contributed by atoms with Gasteiger partial charge in [-0.3, -0.25) is 0 Å². The summed E-state index contributed by atoms with van der Waals surface area (Å²) in [5.74, 6) is 1.38. The Kier molecular flexibility index (Phi) is 17.9. The van der Waals surface area contributed by atoms with Crippen LogP contribution < -0.4 is 0 Å². The molecular weight excluding hydrogens is 981 g/mol. The Hall–Kier alpha value is -0.920. The Morgan fingerprint density at radius 1 is 0.527 bits per heavy atom. The largest absolute Gasteiger partial charge is 0.394 e. The summed E-state index contributed by atoms with van der Waals surface area (Å²) in [7, 11) is 0. The van der Waals surface area contributed by atoms with Crippen molar-refractivity contribution in [3.63, 3.8) is 0 Å². The van der Waals surface area contributed by atoms with Gasteiger partial charge in [-0.05, 0) is 111 Å². The topological polar surface area (TPSA) is 355 Å². The van der Waals surface area contributed by atoms with E-state index in [9.17, 15) is 66.4 Å². The van der Waals surface area contributed by atoms with Gasteiger partial charge < -0.3 is 114 Å².